The Labute approximate surface area is 132 Å². The molecule has 2 rings (SSSR count). The second-order valence-corrected chi connectivity index (χ2v) is 9.35. The Morgan fingerprint density at radius 2 is 2.14 bits per heavy atom. The third kappa shape index (κ3) is 5.06. The minimum absolute atomic E-state index is 0.396. The fourth-order valence-electron chi connectivity index (χ4n) is 2.72. The molecule has 21 heavy (non-hydrogen) atoms. The molecule has 2 atom stereocenters. The SMILES string of the molecule is CC1CCC(CNS(=O)(=O)c2cc(CNC(C)C)cs2)C1. The van der Waals surface area contributed by atoms with Crippen LogP contribution < -0.4 is 10.0 Å². The molecule has 0 saturated heterocycles. The molecule has 0 bridgehead atoms. The van der Waals surface area contributed by atoms with E-state index in [1.54, 1.807) is 6.07 Å². The van der Waals surface area contributed by atoms with Crippen LogP contribution in [0.15, 0.2) is 15.7 Å². The van der Waals surface area contributed by atoms with Crippen LogP contribution in [0.25, 0.3) is 0 Å². The van der Waals surface area contributed by atoms with Crippen LogP contribution in [-0.2, 0) is 16.6 Å². The van der Waals surface area contributed by atoms with Gasteiger partial charge in [-0.05, 0) is 41.7 Å². The van der Waals surface area contributed by atoms with Crippen LogP contribution in [0, 0.1) is 11.8 Å². The van der Waals surface area contributed by atoms with E-state index in [1.165, 1.54) is 17.8 Å². The van der Waals surface area contributed by atoms with Gasteiger partial charge in [0.05, 0.1) is 0 Å². The largest absolute Gasteiger partial charge is 0.310 e. The van der Waals surface area contributed by atoms with Gasteiger partial charge in [-0.3, -0.25) is 0 Å². The van der Waals surface area contributed by atoms with Crippen molar-refractivity contribution in [2.24, 2.45) is 11.8 Å². The first kappa shape index (κ1) is 16.9. The predicted octanol–water partition coefficient (Wildman–Crippen LogP) is 2.96. The molecular formula is C15H26N2O2S2. The number of rotatable bonds is 7. The molecule has 4 nitrogen and oxygen atoms in total. The van der Waals surface area contributed by atoms with Crippen molar-refractivity contribution in [3.63, 3.8) is 0 Å². The van der Waals surface area contributed by atoms with Gasteiger partial charge in [-0.15, -0.1) is 11.3 Å². The van der Waals surface area contributed by atoms with Crippen LogP contribution in [0.5, 0.6) is 0 Å². The Hall–Kier alpha value is -0.430. The van der Waals surface area contributed by atoms with Crippen molar-refractivity contribution in [2.75, 3.05) is 6.54 Å². The summed E-state index contributed by atoms with van der Waals surface area (Å²) in [7, 11) is -3.34. The maximum Gasteiger partial charge on any atom is 0.250 e. The lowest BCUT2D eigenvalue weighted by Crippen LogP contribution is -2.28. The Balaban J connectivity index is 1.90. The van der Waals surface area contributed by atoms with E-state index < -0.39 is 10.0 Å². The smallest absolute Gasteiger partial charge is 0.250 e. The molecule has 6 heteroatoms. The van der Waals surface area contributed by atoms with Gasteiger partial charge in [-0.2, -0.15) is 0 Å². The summed E-state index contributed by atoms with van der Waals surface area (Å²) in [6, 6.07) is 2.17. The second kappa shape index (κ2) is 7.22. The van der Waals surface area contributed by atoms with E-state index in [4.69, 9.17) is 0 Å². The van der Waals surface area contributed by atoms with E-state index in [0.717, 1.165) is 24.3 Å². The summed E-state index contributed by atoms with van der Waals surface area (Å²) in [4.78, 5) is 0. The number of sulfonamides is 1. The van der Waals surface area contributed by atoms with E-state index in [-0.39, 0.29) is 0 Å². The number of hydrogen-bond donors (Lipinski definition) is 2. The average Bonchev–Trinajstić information content (AvgIpc) is 3.03. The Kier molecular flexibility index (Phi) is 5.82. The lowest BCUT2D eigenvalue weighted by Gasteiger charge is -2.10. The maximum absolute atomic E-state index is 12.3. The molecule has 2 N–H and O–H groups in total. The minimum Gasteiger partial charge on any atom is -0.310 e. The first-order valence-electron chi connectivity index (χ1n) is 7.67. The van der Waals surface area contributed by atoms with Crippen LogP contribution >= 0.6 is 11.3 Å². The van der Waals surface area contributed by atoms with E-state index in [9.17, 15) is 8.42 Å². The van der Waals surface area contributed by atoms with Crippen molar-refractivity contribution in [2.45, 2.75) is 56.8 Å². The number of thiophene rings is 1. The lowest BCUT2D eigenvalue weighted by molar-refractivity contribution is 0.499. The zero-order chi connectivity index (χ0) is 15.5. The van der Waals surface area contributed by atoms with E-state index in [2.05, 4.69) is 30.8 Å². The van der Waals surface area contributed by atoms with Crippen LogP contribution in [0.1, 0.15) is 45.6 Å². The molecular weight excluding hydrogens is 304 g/mol. The minimum atomic E-state index is -3.34. The molecule has 0 aromatic carbocycles. The van der Waals surface area contributed by atoms with Gasteiger partial charge in [-0.1, -0.05) is 27.2 Å². The third-order valence-corrected chi connectivity index (χ3v) is 6.89. The van der Waals surface area contributed by atoms with Crippen LogP contribution in [-0.4, -0.2) is 21.0 Å². The molecule has 1 aromatic rings. The van der Waals surface area contributed by atoms with E-state index in [0.29, 0.717) is 29.3 Å². The highest BCUT2D eigenvalue weighted by atomic mass is 32.2. The summed E-state index contributed by atoms with van der Waals surface area (Å²) in [5, 5.41) is 5.22. The Bertz CT molecular complexity index is 552. The topological polar surface area (TPSA) is 58.2 Å². The maximum atomic E-state index is 12.3. The highest BCUT2D eigenvalue weighted by molar-refractivity contribution is 7.91. The zero-order valence-corrected chi connectivity index (χ0v) is 14.7. The summed E-state index contributed by atoms with van der Waals surface area (Å²) in [6.07, 6.45) is 3.49. The lowest BCUT2D eigenvalue weighted by atomic mass is 10.1. The van der Waals surface area contributed by atoms with Crippen molar-refractivity contribution in [1.29, 1.82) is 0 Å². The van der Waals surface area contributed by atoms with Gasteiger partial charge < -0.3 is 5.32 Å². The molecule has 0 aliphatic heterocycles. The molecule has 1 aliphatic carbocycles. The van der Waals surface area contributed by atoms with Crippen molar-refractivity contribution < 1.29 is 8.42 Å². The summed E-state index contributed by atoms with van der Waals surface area (Å²) in [5.41, 5.74) is 1.03. The second-order valence-electron chi connectivity index (χ2n) is 6.45. The van der Waals surface area contributed by atoms with Gasteiger partial charge in [0.15, 0.2) is 0 Å². The molecule has 1 aromatic heterocycles. The molecule has 1 fully saturated rings. The quantitative estimate of drug-likeness (QED) is 0.808. The molecule has 1 saturated carbocycles. The summed E-state index contributed by atoms with van der Waals surface area (Å²) < 4.78 is 27.8. The highest BCUT2D eigenvalue weighted by Crippen LogP contribution is 2.30. The van der Waals surface area contributed by atoms with Crippen molar-refractivity contribution >= 4 is 21.4 Å². The fourth-order valence-corrected chi connectivity index (χ4v) is 5.09. The molecule has 120 valence electrons. The molecule has 1 aliphatic rings. The van der Waals surface area contributed by atoms with Gasteiger partial charge in [0.2, 0.25) is 10.0 Å². The highest BCUT2D eigenvalue weighted by Gasteiger charge is 2.24. The third-order valence-electron chi connectivity index (χ3n) is 3.97. The van der Waals surface area contributed by atoms with Gasteiger partial charge in [0.1, 0.15) is 4.21 Å². The van der Waals surface area contributed by atoms with Crippen LogP contribution in [0.4, 0.5) is 0 Å². The molecule has 0 spiro atoms. The molecule has 0 radical (unpaired) electrons. The summed E-state index contributed by atoms with van der Waals surface area (Å²) in [6.45, 7) is 7.68. The van der Waals surface area contributed by atoms with Crippen LogP contribution in [0.2, 0.25) is 0 Å². The van der Waals surface area contributed by atoms with E-state index >= 15 is 0 Å². The van der Waals surface area contributed by atoms with Crippen molar-refractivity contribution in [3.8, 4) is 0 Å². The number of nitrogens with one attached hydrogen (secondary N) is 2. The Morgan fingerprint density at radius 3 is 2.76 bits per heavy atom. The molecule has 2 unspecified atom stereocenters. The predicted molar refractivity (Wildman–Crippen MR) is 88.0 cm³/mol. The van der Waals surface area contributed by atoms with Crippen molar-refractivity contribution in [1.82, 2.24) is 10.0 Å². The Morgan fingerprint density at radius 1 is 1.38 bits per heavy atom. The fraction of sp³-hybridized carbons (Fsp3) is 0.733. The van der Waals surface area contributed by atoms with Crippen LogP contribution in [0.3, 0.4) is 0 Å². The van der Waals surface area contributed by atoms with Gasteiger partial charge in [-0.25, -0.2) is 13.1 Å². The normalized spacial score (nSPS) is 23.0. The van der Waals surface area contributed by atoms with Crippen molar-refractivity contribution in [3.05, 3.63) is 17.0 Å². The molecule has 1 heterocycles. The molecule has 0 amide bonds. The summed E-state index contributed by atoms with van der Waals surface area (Å²) >= 11 is 1.30. The average molecular weight is 331 g/mol. The zero-order valence-electron chi connectivity index (χ0n) is 13.1. The van der Waals surface area contributed by atoms with Gasteiger partial charge in [0, 0.05) is 19.1 Å². The first-order chi connectivity index (χ1) is 9.87. The number of hydrogen-bond acceptors (Lipinski definition) is 4. The van der Waals surface area contributed by atoms with Gasteiger partial charge in [0.25, 0.3) is 0 Å². The first-order valence-corrected chi connectivity index (χ1v) is 10.0. The van der Waals surface area contributed by atoms with Gasteiger partial charge >= 0.3 is 0 Å². The van der Waals surface area contributed by atoms with E-state index in [1.807, 2.05) is 5.38 Å². The summed E-state index contributed by atoms with van der Waals surface area (Å²) in [5.74, 6) is 1.23. The monoisotopic (exact) mass is 330 g/mol. The standard InChI is InChI=1S/C15H26N2O2S2/c1-11(2)16-8-14-7-15(20-10-14)21(18,19)17-9-13-5-4-12(3)6-13/h7,10-13,16-17H,4-6,8-9H2,1-3H3.